The van der Waals surface area contributed by atoms with Gasteiger partial charge < -0.3 is 10.4 Å². The Labute approximate surface area is 120 Å². The lowest BCUT2D eigenvalue weighted by molar-refractivity contribution is -0.140. The van der Waals surface area contributed by atoms with Crippen LogP contribution in [0, 0.1) is 17.3 Å². The number of carbonyl (C=O) groups excluding carboxylic acids is 1. The fourth-order valence-electron chi connectivity index (χ4n) is 2.39. The van der Waals surface area contributed by atoms with E-state index in [1.807, 2.05) is 0 Å². The minimum Gasteiger partial charge on any atom is -0.481 e. The Kier molecular flexibility index (Phi) is 3.49. The summed E-state index contributed by atoms with van der Waals surface area (Å²) in [6.07, 6.45) is 0. The van der Waals surface area contributed by atoms with Gasteiger partial charge in [-0.2, -0.15) is 0 Å². The summed E-state index contributed by atoms with van der Waals surface area (Å²) < 4.78 is 0. The summed E-state index contributed by atoms with van der Waals surface area (Å²) in [6, 6.07) is 4.72. The molecule has 6 heteroatoms. The molecule has 0 radical (unpaired) electrons. The molecule has 0 heterocycles. The van der Waals surface area contributed by atoms with E-state index in [4.69, 9.17) is 28.3 Å². The van der Waals surface area contributed by atoms with Crippen molar-refractivity contribution in [3.05, 3.63) is 28.2 Å². The molecule has 1 aliphatic rings. The summed E-state index contributed by atoms with van der Waals surface area (Å²) in [4.78, 5) is 23.1. The van der Waals surface area contributed by atoms with Gasteiger partial charge in [-0.05, 0) is 23.6 Å². The van der Waals surface area contributed by atoms with Crippen molar-refractivity contribution in [2.45, 2.75) is 13.8 Å². The third-order valence-corrected chi connectivity index (χ3v) is 4.11. The number of hydrogen-bond acceptors (Lipinski definition) is 2. The Morgan fingerprint density at radius 2 is 1.89 bits per heavy atom. The number of anilines is 1. The van der Waals surface area contributed by atoms with E-state index in [1.54, 1.807) is 26.0 Å². The minimum absolute atomic E-state index is 0.325. The fourth-order valence-corrected chi connectivity index (χ4v) is 2.85. The lowest BCUT2D eigenvalue weighted by Gasteiger charge is -2.08. The number of nitrogens with one attached hydrogen (secondary N) is 1. The van der Waals surface area contributed by atoms with E-state index in [9.17, 15) is 9.59 Å². The molecule has 1 aliphatic carbocycles. The number of carboxylic acids is 1. The molecule has 2 N–H and O–H groups in total. The van der Waals surface area contributed by atoms with Crippen LogP contribution in [0.3, 0.4) is 0 Å². The molecular formula is C13H13Cl2NO3. The molecule has 0 saturated heterocycles. The van der Waals surface area contributed by atoms with Crippen LogP contribution in [-0.2, 0) is 9.59 Å². The van der Waals surface area contributed by atoms with Crippen LogP contribution in [0.25, 0.3) is 0 Å². The maximum atomic E-state index is 12.1. The molecule has 0 spiro atoms. The standard InChI is InChI=1S/C13H13Cl2NO3/c1-13(2)9(10(13)12(18)19)11(17)16-8-4-3-6(14)5-7(8)15/h3-5,9-10H,1-2H3,(H,16,17)(H,18,19). The van der Waals surface area contributed by atoms with Crippen molar-refractivity contribution in [1.82, 2.24) is 0 Å². The van der Waals surface area contributed by atoms with E-state index < -0.39 is 23.2 Å². The van der Waals surface area contributed by atoms with Gasteiger partial charge in [-0.1, -0.05) is 37.0 Å². The summed E-state index contributed by atoms with van der Waals surface area (Å²) in [5, 5.41) is 12.5. The number of hydrogen-bond donors (Lipinski definition) is 2. The van der Waals surface area contributed by atoms with E-state index >= 15 is 0 Å². The average Bonchev–Trinajstić information content (AvgIpc) is 2.86. The van der Waals surface area contributed by atoms with Gasteiger partial charge in [-0.25, -0.2) is 0 Å². The summed E-state index contributed by atoms with van der Waals surface area (Å²) in [7, 11) is 0. The molecular weight excluding hydrogens is 289 g/mol. The second-order valence-electron chi connectivity index (χ2n) is 5.23. The molecule has 0 aliphatic heterocycles. The molecule has 1 aromatic rings. The Balaban J connectivity index is 2.13. The number of amides is 1. The maximum absolute atomic E-state index is 12.1. The molecule has 2 unspecified atom stereocenters. The van der Waals surface area contributed by atoms with Crippen molar-refractivity contribution in [2.75, 3.05) is 5.32 Å². The van der Waals surface area contributed by atoms with Crippen LogP contribution >= 0.6 is 23.2 Å². The van der Waals surface area contributed by atoms with Gasteiger partial charge >= 0.3 is 5.97 Å². The van der Waals surface area contributed by atoms with Gasteiger partial charge in [0, 0.05) is 5.02 Å². The highest BCUT2D eigenvalue weighted by Crippen LogP contribution is 2.58. The molecule has 1 amide bonds. The van der Waals surface area contributed by atoms with Gasteiger partial charge in [0.2, 0.25) is 5.91 Å². The van der Waals surface area contributed by atoms with E-state index in [-0.39, 0.29) is 5.91 Å². The van der Waals surface area contributed by atoms with Gasteiger partial charge in [0.25, 0.3) is 0 Å². The Morgan fingerprint density at radius 3 is 2.37 bits per heavy atom. The number of aliphatic carboxylic acids is 1. The van der Waals surface area contributed by atoms with Crippen LogP contribution in [0.1, 0.15) is 13.8 Å². The minimum atomic E-state index is -0.952. The number of halogens is 2. The van der Waals surface area contributed by atoms with Crippen LogP contribution < -0.4 is 5.32 Å². The van der Waals surface area contributed by atoms with Crippen molar-refractivity contribution >= 4 is 40.8 Å². The average molecular weight is 302 g/mol. The SMILES string of the molecule is CC1(C)C(C(=O)O)C1C(=O)Nc1ccc(Cl)cc1Cl. The summed E-state index contributed by atoms with van der Waals surface area (Å²) in [5.41, 5.74) is -0.0997. The number of rotatable bonds is 3. The zero-order chi connectivity index (χ0) is 14.4. The second kappa shape index (κ2) is 4.69. The number of benzene rings is 1. The third-order valence-electron chi connectivity index (χ3n) is 3.56. The number of carboxylic acid groups (broad SMARTS) is 1. The first-order chi connectivity index (χ1) is 8.75. The molecule has 2 atom stereocenters. The van der Waals surface area contributed by atoms with Gasteiger partial charge in [-0.3, -0.25) is 9.59 Å². The van der Waals surface area contributed by atoms with Crippen molar-refractivity contribution in [3.8, 4) is 0 Å². The second-order valence-corrected chi connectivity index (χ2v) is 6.07. The molecule has 102 valence electrons. The molecule has 2 rings (SSSR count). The normalized spacial score (nSPS) is 23.8. The predicted octanol–water partition coefficient (Wildman–Crippen LogP) is 3.29. The highest BCUT2D eigenvalue weighted by molar-refractivity contribution is 6.36. The van der Waals surface area contributed by atoms with Crippen LogP contribution in [0.4, 0.5) is 5.69 Å². The van der Waals surface area contributed by atoms with Gasteiger partial charge in [0.15, 0.2) is 0 Å². The molecule has 1 fully saturated rings. The summed E-state index contributed by atoms with van der Waals surface area (Å²) >= 11 is 11.7. The van der Waals surface area contributed by atoms with E-state index in [0.717, 1.165) is 0 Å². The molecule has 0 aromatic heterocycles. The predicted molar refractivity (Wildman–Crippen MR) is 73.5 cm³/mol. The largest absolute Gasteiger partial charge is 0.481 e. The van der Waals surface area contributed by atoms with Crippen molar-refractivity contribution in [2.24, 2.45) is 17.3 Å². The quantitative estimate of drug-likeness (QED) is 0.900. The van der Waals surface area contributed by atoms with Crippen LogP contribution in [0.15, 0.2) is 18.2 Å². The lowest BCUT2D eigenvalue weighted by Crippen LogP contribution is -2.17. The Hall–Kier alpha value is -1.26. The summed E-state index contributed by atoms with van der Waals surface area (Å²) in [5.74, 6) is -2.48. The monoisotopic (exact) mass is 301 g/mol. The molecule has 1 aromatic carbocycles. The fraction of sp³-hybridized carbons (Fsp3) is 0.385. The zero-order valence-electron chi connectivity index (χ0n) is 10.4. The smallest absolute Gasteiger partial charge is 0.307 e. The first-order valence-electron chi connectivity index (χ1n) is 5.74. The lowest BCUT2D eigenvalue weighted by atomic mass is 10.1. The van der Waals surface area contributed by atoms with E-state index in [1.165, 1.54) is 6.07 Å². The Morgan fingerprint density at radius 1 is 1.26 bits per heavy atom. The third kappa shape index (κ3) is 2.55. The highest BCUT2D eigenvalue weighted by Gasteiger charge is 2.65. The highest BCUT2D eigenvalue weighted by atomic mass is 35.5. The van der Waals surface area contributed by atoms with Gasteiger partial charge in [-0.15, -0.1) is 0 Å². The van der Waals surface area contributed by atoms with Crippen LogP contribution in [0.2, 0.25) is 10.0 Å². The van der Waals surface area contributed by atoms with E-state index in [0.29, 0.717) is 15.7 Å². The van der Waals surface area contributed by atoms with Crippen molar-refractivity contribution < 1.29 is 14.7 Å². The number of carbonyl (C=O) groups is 2. The van der Waals surface area contributed by atoms with Crippen LogP contribution in [-0.4, -0.2) is 17.0 Å². The van der Waals surface area contributed by atoms with Crippen molar-refractivity contribution in [3.63, 3.8) is 0 Å². The van der Waals surface area contributed by atoms with Crippen molar-refractivity contribution in [1.29, 1.82) is 0 Å². The zero-order valence-corrected chi connectivity index (χ0v) is 11.9. The van der Waals surface area contributed by atoms with E-state index in [2.05, 4.69) is 5.32 Å². The maximum Gasteiger partial charge on any atom is 0.307 e. The molecule has 4 nitrogen and oxygen atoms in total. The Bertz CT molecular complexity index is 557. The molecule has 19 heavy (non-hydrogen) atoms. The first kappa shape index (κ1) is 14.2. The molecule has 1 saturated carbocycles. The summed E-state index contributed by atoms with van der Waals surface area (Å²) in [6.45, 7) is 3.53. The van der Waals surface area contributed by atoms with Gasteiger partial charge in [0.05, 0.1) is 22.5 Å². The molecule has 0 bridgehead atoms. The first-order valence-corrected chi connectivity index (χ1v) is 6.49. The van der Waals surface area contributed by atoms with Gasteiger partial charge in [0.1, 0.15) is 0 Å². The topological polar surface area (TPSA) is 66.4 Å². The van der Waals surface area contributed by atoms with Crippen LogP contribution in [0.5, 0.6) is 0 Å².